The van der Waals surface area contributed by atoms with E-state index in [2.05, 4.69) is 15.7 Å². The number of amides is 1. The third kappa shape index (κ3) is 4.83. The first-order valence-corrected chi connectivity index (χ1v) is 8.46. The maximum absolute atomic E-state index is 12.4. The zero-order valence-electron chi connectivity index (χ0n) is 14.5. The Bertz CT molecular complexity index is 865. The Morgan fingerprint density at radius 2 is 2.04 bits per heavy atom. The van der Waals surface area contributed by atoms with E-state index in [4.69, 9.17) is 15.7 Å². The first kappa shape index (κ1) is 18.4. The van der Waals surface area contributed by atoms with Gasteiger partial charge in [0.15, 0.2) is 0 Å². The molecule has 5 N–H and O–H groups in total. The number of aliphatic imine (C=N–C) groups is 1. The lowest BCUT2D eigenvalue weighted by Crippen LogP contribution is -2.25. The summed E-state index contributed by atoms with van der Waals surface area (Å²) in [4.78, 5) is 27.3. The van der Waals surface area contributed by atoms with Gasteiger partial charge in [-0.25, -0.2) is 10.8 Å². The molecule has 27 heavy (non-hydrogen) atoms. The first-order chi connectivity index (χ1) is 13.0. The molecule has 1 heterocycles. The molecule has 2 aromatic carbocycles. The van der Waals surface area contributed by atoms with Gasteiger partial charge in [0.05, 0.1) is 12.1 Å². The molecule has 0 saturated carbocycles. The molecular weight excluding hydrogens is 348 g/mol. The third-order valence-corrected chi connectivity index (χ3v) is 4.17. The molecule has 0 aliphatic carbocycles. The SMILES string of the molecule is NNC=Nc1ccc(C(=O)Nc2ccc3c(c2)CCC(CC(=O)O)O3)cc1. The highest BCUT2D eigenvalue weighted by molar-refractivity contribution is 6.04. The summed E-state index contributed by atoms with van der Waals surface area (Å²) in [6.45, 7) is 0. The number of nitrogens with zero attached hydrogens (tertiary/aromatic N) is 1. The largest absolute Gasteiger partial charge is 0.490 e. The molecule has 0 aromatic heterocycles. The smallest absolute Gasteiger partial charge is 0.307 e. The number of carboxylic acid groups (broad SMARTS) is 1. The quantitative estimate of drug-likeness (QED) is 0.268. The minimum Gasteiger partial charge on any atom is -0.490 e. The van der Waals surface area contributed by atoms with Crippen molar-refractivity contribution in [1.82, 2.24) is 5.43 Å². The highest BCUT2D eigenvalue weighted by Gasteiger charge is 2.22. The Labute approximate surface area is 156 Å². The second-order valence-electron chi connectivity index (χ2n) is 6.12. The molecule has 0 spiro atoms. The number of fused-ring (bicyclic) bond motifs is 1. The number of ether oxygens (including phenoxy) is 1. The van der Waals surface area contributed by atoms with Crippen LogP contribution >= 0.6 is 0 Å². The molecule has 1 aliphatic rings. The zero-order chi connectivity index (χ0) is 19.2. The number of nitrogens with two attached hydrogens (primary N) is 1. The predicted molar refractivity (Wildman–Crippen MR) is 101 cm³/mol. The summed E-state index contributed by atoms with van der Waals surface area (Å²) in [6, 6.07) is 12.1. The van der Waals surface area contributed by atoms with Crippen LogP contribution in [0.1, 0.15) is 28.8 Å². The number of carboxylic acids is 1. The Morgan fingerprint density at radius 3 is 2.74 bits per heavy atom. The highest BCUT2D eigenvalue weighted by Crippen LogP contribution is 2.31. The lowest BCUT2D eigenvalue weighted by molar-refractivity contribution is -0.139. The van der Waals surface area contributed by atoms with Crippen LogP contribution < -0.4 is 21.3 Å². The van der Waals surface area contributed by atoms with Crippen molar-refractivity contribution in [2.24, 2.45) is 10.8 Å². The maximum Gasteiger partial charge on any atom is 0.307 e. The number of benzene rings is 2. The molecule has 0 radical (unpaired) electrons. The van der Waals surface area contributed by atoms with E-state index < -0.39 is 5.97 Å². The van der Waals surface area contributed by atoms with E-state index in [0.717, 1.165) is 5.56 Å². The van der Waals surface area contributed by atoms with Crippen LogP contribution in [0.3, 0.4) is 0 Å². The number of hydrogen-bond acceptors (Lipinski definition) is 5. The average Bonchev–Trinajstić information content (AvgIpc) is 2.66. The van der Waals surface area contributed by atoms with Gasteiger partial charge in [-0.2, -0.15) is 0 Å². The van der Waals surface area contributed by atoms with Gasteiger partial charge < -0.3 is 20.6 Å². The number of nitrogens with one attached hydrogen (secondary N) is 2. The van der Waals surface area contributed by atoms with Gasteiger partial charge in [0.25, 0.3) is 5.91 Å². The summed E-state index contributed by atoms with van der Waals surface area (Å²) in [7, 11) is 0. The number of anilines is 1. The monoisotopic (exact) mass is 368 g/mol. The van der Waals surface area contributed by atoms with Crippen LogP contribution in [0, 0.1) is 0 Å². The van der Waals surface area contributed by atoms with Crippen molar-refractivity contribution in [2.45, 2.75) is 25.4 Å². The van der Waals surface area contributed by atoms with Gasteiger partial charge in [-0.1, -0.05) is 0 Å². The van der Waals surface area contributed by atoms with E-state index in [0.29, 0.717) is 35.5 Å². The van der Waals surface area contributed by atoms with E-state index >= 15 is 0 Å². The Balaban J connectivity index is 1.65. The van der Waals surface area contributed by atoms with Gasteiger partial charge >= 0.3 is 5.97 Å². The van der Waals surface area contributed by atoms with Crippen LogP contribution in [0.4, 0.5) is 11.4 Å². The van der Waals surface area contributed by atoms with Gasteiger partial charge in [-0.15, -0.1) is 0 Å². The topological polar surface area (TPSA) is 126 Å². The number of rotatable bonds is 6. The standard InChI is InChI=1S/C19H20N4O4/c20-22-11-21-14-4-1-12(2-5-14)19(26)23-15-6-8-17-13(9-15)3-7-16(27-17)10-18(24)25/h1-2,4-6,8-9,11,16H,3,7,10,20H2,(H,21,22)(H,23,26)(H,24,25). The fraction of sp³-hybridized carbons (Fsp3) is 0.211. The molecule has 1 aliphatic heterocycles. The Morgan fingerprint density at radius 1 is 1.26 bits per heavy atom. The van der Waals surface area contributed by atoms with Crippen LogP contribution in [-0.4, -0.2) is 29.4 Å². The number of aryl methyl sites for hydroxylation is 1. The molecule has 1 atom stereocenters. The van der Waals surface area contributed by atoms with Crippen LogP contribution in [0.25, 0.3) is 0 Å². The molecule has 2 aromatic rings. The van der Waals surface area contributed by atoms with Crippen molar-refractivity contribution in [2.75, 3.05) is 5.32 Å². The summed E-state index contributed by atoms with van der Waals surface area (Å²) in [5.74, 6) is 4.68. The number of aliphatic carboxylic acids is 1. The van der Waals surface area contributed by atoms with Gasteiger partial charge in [0.1, 0.15) is 18.2 Å². The minimum atomic E-state index is -0.872. The summed E-state index contributed by atoms with van der Waals surface area (Å²) in [6.07, 6.45) is 2.37. The molecule has 1 unspecified atom stereocenters. The Kier molecular flexibility index (Phi) is 5.68. The molecule has 8 nitrogen and oxygen atoms in total. The van der Waals surface area contributed by atoms with Crippen molar-refractivity contribution >= 4 is 29.6 Å². The van der Waals surface area contributed by atoms with Crippen LogP contribution in [0.15, 0.2) is 47.5 Å². The second-order valence-corrected chi connectivity index (χ2v) is 6.12. The van der Waals surface area contributed by atoms with Gasteiger partial charge in [0, 0.05) is 11.3 Å². The zero-order valence-corrected chi connectivity index (χ0v) is 14.5. The van der Waals surface area contributed by atoms with E-state index in [1.165, 1.54) is 6.34 Å². The maximum atomic E-state index is 12.4. The summed E-state index contributed by atoms with van der Waals surface area (Å²) >= 11 is 0. The van der Waals surface area contributed by atoms with E-state index in [1.54, 1.807) is 36.4 Å². The molecule has 0 fully saturated rings. The van der Waals surface area contributed by atoms with Crippen LogP contribution in [0.2, 0.25) is 0 Å². The van der Waals surface area contributed by atoms with Gasteiger partial charge in [0.2, 0.25) is 0 Å². The highest BCUT2D eigenvalue weighted by atomic mass is 16.5. The van der Waals surface area contributed by atoms with E-state index in [-0.39, 0.29) is 18.4 Å². The van der Waals surface area contributed by atoms with Crippen molar-refractivity contribution < 1.29 is 19.4 Å². The molecule has 1 amide bonds. The molecule has 0 saturated heterocycles. The average molecular weight is 368 g/mol. The number of hydrazine groups is 1. The van der Waals surface area contributed by atoms with Crippen LogP contribution in [0.5, 0.6) is 5.75 Å². The van der Waals surface area contributed by atoms with E-state index in [1.807, 2.05) is 6.07 Å². The molecule has 140 valence electrons. The fourth-order valence-electron chi connectivity index (χ4n) is 2.87. The normalized spacial score (nSPS) is 15.7. The van der Waals surface area contributed by atoms with Crippen molar-refractivity contribution in [3.05, 3.63) is 53.6 Å². The van der Waals surface area contributed by atoms with Gasteiger partial charge in [-0.05, 0) is 60.9 Å². The van der Waals surface area contributed by atoms with Crippen LogP contribution in [-0.2, 0) is 11.2 Å². The van der Waals surface area contributed by atoms with Crippen molar-refractivity contribution in [3.63, 3.8) is 0 Å². The van der Waals surface area contributed by atoms with Crippen molar-refractivity contribution in [3.8, 4) is 5.75 Å². The number of carbonyl (C=O) groups is 2. The fourth-order valence-corrected chi connectivity index (χ4v) is 2.87. The molecular formula is C19H20N4O4. The van der Waals surface area contributed by atoms with E-state index in [9.17, 15) is 9.59 Å². The summed E-state index contributed by atoms with van der Waals surface area (Å²) in [5.41, 5.74) is 5.10. The third-order valence-electron chi connectivity index (χ3n) is 4.17. The summed E-state index contributed by atoms with van der Waals surface area (Å²) in [5, 5.41) is 11.7. The number of carbonyl (C=O) groups excluding carboxylic acids is 1. The Hall–Kier alpha value is -3.39. The van der Waals surface area contributed by atoms with Gasteiger partial charge in [-0.3, -0.25) is 9.59 Å². The summed E-state index contributed by atoms with van der Waals surface area (Å²) < 4.78 is 5.71. The number of hydrogen-bond donors (Lipinski definition) is 4. The minimum absolute atomic E-state index is 0.0146. The molecule has 3 rings (SSSR count). The molecule has 8 heteroatoms. The lowest BCUT2D eigenvalue weighted by atomic mass is 10.00. The molecule has 0 bridgehead atoms. The predicted octanol–water partition coefficient (Wildman–Crippen LogP) is 2.23. The van der Waals surface area contributed by atoms with Crippen molar-refractivity contribution in [1.29, 1.82) is 0 Å². The second kappa shape index (κ2) is 8.33. The lowest BCUT2D eigenvalue weighted by Gasteiger charge is -2.25. The first-order valence-electron chi connectivity index (χ1n) is 8.46.